The first-order valence-corrected chi connectivity index (χ1v) is 8.83. The Morgan fingerprint density at radius 3 is 2.84 bits per heavy atom. The average Bonchev–Trinajstić information content (AvgIpc) is 2.81. The number of hydrogen-bond acceptors (Lipinski definition) is 4. The zero-order chi connectivity index (χ0) is 13.9. The standard InChI is InChI=1S/C13H26N2O3S/c1-11-4-3-6-15(8-11)9-12(2)14-19(16,17)13-5-7-18-10-13/h11-14H,3-10H2,1-2H3. The maximum Gasteiger partial charge on any atom is 0.217 e. The molecule has 3 unspecified atom stereocenters. The second kappa shape index (κ2) is 6.52. The van der Waals surface area contributed by atoms with Crippen molar-refractivity contribution in [2.75, 3.05) is 32.8 Å². The minimum Gasteiger partial charge on any atom is -0.380 e. The highest BCUT2D eigenvalue weighted by atomic mass is 32.2. The van der Waals surface area contributed by atoms with Gasteiger partial charge in [0.25, 0.3) is 0 Å². The molecule has 0 saturated carbocycles. The van der Waals surface area contributed by atoms with Crippen molar-refractivity contribution in [2.45, 2.75) is 44.4 Å². The smallest absolute Gasteiger partial charge is 0.217 e. The van der Waals surface area contributed by atoms with Crippen LogP contribution >= 0.6 is 0 Å². The molecule has 2 rings (SSSR count). The lowest BCUT2D eigenvalue weighted by molar-refractivity contribution is 0.174. The summed E-state index contributed by atoms with van der Waals surface area (Å²) in [6.07, 6.45) is 3.12. The number of hydrogen-bond donors (Lipinski definition) is 1. The number of rotatable bonds is 5. The molecule has 2 aliphatic rings. The van der Waals surface area contributed by atoms with Crippen LogP contribution in [0, 0.1) is 5.92 Å². The predicted molar refractivity (Wildman–Crippen MR) is 75.6 cm³/mol. The Bertz CT molecular complexity index is 379. The summed E-state index contributed by atoms with van der Waals surface area (Å²) >= 11 is 0. The molecule has 3 atom stereocenters. The third kappa shape index (κ3) is 4.41. The molecule has 2 saturated heterocycles. The number of sulfonamides is 1. The van der Waals surface area contributed by atoms with Crippen LogP contribution in [0.15, 0.2) is 0 Å². The van der Waals surface area contributed by atoms with Gasteiger partial charge in [0.05, 0.1) is 6.61 Å². The molecule has 0 bridgehead atoms. The van der Waals surface area contributed by atoms with Crippen molar-refractivity contribution >= 4 is 10.0 Å². The summed E-state index contributed by atoms with van der Waals surface area (Å²) < 4.78 is 32.2. The van der Waals surface area contributed by atoms with Gasteiger partial charge in [0.1, 0.15) is 5.25 Å². The van der Waals surface area contributed by atoms with Crippen molar-refractivity contribution in [3.63, 3.8) is 0 Å². The van der Waals surface area contributed by atoms with Crippen LogP contribution in [0.3, 0.4) is 0 Å². The molecule has 0 aliphatic carbocycles. The highest BCUT2D eigenvalue weighted by Gasteiger charge is 2.31. The van der Waals surface area contributed by atoms with Gasteiger partial charge in [0.15, 0.2) is 0 Å². The van der Waals surface area contributed by atoms with Crippen LogP contribution in [-0.4, -0.2) is 57.5 Å². The monoisotopic (exact) mass is 290 g/mol. The average molecular weight is 290 g/mol. The second-order valence-corrected chi connectivity index (χ2v) is 8.05. The van der Waals surface area contributed by atoms with Crippen molar-refractivity contribution in [3.8, 4) is 0 Å². The topological polar surface area (TPSA) is 58.6 Å². The molecule has 2 fully saturated rings. The summed E-state index contributed by atoms with van der Waals surface area (Å²) in [6, 6.07) is -0.0316. The molecule has 0 aromatic rings. The lowest BCUT2D eigenvalue weighted by Crippen LogP contribution is -2.47. The van der Waals surface area contributed by atoms with Crippen LogP contribution in [0.5, 0.6) is 0 Å². The third-order valence-electron chi connectivity index (χ3n) is 3.97. The first-order valence-electron chi connectivity index (χ1n) is 7.28. The van der Waals surface area contributed by atoms with E-state index in [0.717, 1.165) is 25.6 Å². The van der Waals surface area contributed by atoms with E-state index >= 15 is 0 Å². The summed E-state index contributed by atoms with van der Waals surface area (Å²) in [5.74, 6) is 0.723. The van der Waals surface area contributed by atoms with Crippen LogP contribution in [0.4, 0.5) is 0 Å². The van der Waals surface area contributed by atoms with E-state index in [9.17, 15) is 8.42 Å². The van der Waals surface area contributed by atoms with E-state index in [4.69, 9.17) is 4.74 Å². The summed E-state index contributed by atoms with van der Waals surface area (Å²) in [4.78, 5) is 2.37. The quantitative estimate of drug-likeness (QED) is 0.814. The van der Waals surface area contributed by atoms with Crippen molar-refractivity contribution in [1.82, 2.24) is 9.62 Å². The zero-order valence-electron chi connectivity index (χ0n) is 12.0. The lowest BCUT2D eigenvalue weighted by Gasteiger charge is -2.33. The zero-order valence-corrected chi connectivity index (χ0v) is 12.8. The summed E-state index contributed by atoms with van der Waals surface area (Å²) in [7, 11) is -3.23. The van der Waals surface area contributed by atoms with Crippen LogP contribution in [0.1, 0.15) is 33.1 Å². The molecule has 0 amide bonds. The fourth-order valence-electron chi connectivity index (χ4n) is 3.01. The summed E-state index contributed by atoms with van der Waals surface area (Å²) in [5, 5.41) is -0.366. The fraction of sp³-hybridized carbons (Fsp3) is 1.00. The van der Waals surface area contributed by atoms with Crippen molar-refractivity contribution in [2.24, 2.45) is 5.92 Å². The fourth-order valence-corrected chi connectivity index (χ4v) is 4.52. The minimum absolute atomic E-state index is 0.0316. The molecule has 2 aliphatic heterocycles. The van der Waals surface area contributed by atoms with Gasteiger partial charge in [0.2, 0.25) is 10.0 Å². The Balaban J connectivity index is 1.81. The molecule has 2 heterocycles. The van der Waals surface area contributed by atoms with Crippen LogP contribution < -0.4 is 4.72 Å². The van der Waals surface area contributed by atoms with E-state index in [-0.39, 0.29) is 11.3 Å². The predicted octanol–water partition coefficient (Wildman–Crippen LogP) is 0.815. The van der Waals surface area contributed by atoms with E-state index in [0.29, 0.717) is 19.6 Å². The summed E-state index contributed by atoms with van der Waals surface area (Å²) in [6.45, 7) is 8.08. The van der Waals surface area contributed by atoms with E-state index in [1.54, 1.807) is 0 Å². The Kier molecular flexibility index (Phi) is 5.22. The van der Waals surface area contributed by atoms with Crippen LogP contribution in [-0.2, 0) is 14.8 Å². The Hall–Kier alpha value is -0.170. The molecular weight excluding hydrogens is 264 g/mol. The van der Waals surface area contributed by atoms with Gasteiger partial charge in [-0.3, -0.25) is 0 Å². The molecular formula is C13H26N2O3S. The van der Waals surface area contributed by atoms with Gasteiger partial charge < -0.3 is 9.64 Å². The number of likely N-dealkylation sites (tertiary alicyclic amines) is 1. The van der Waals surface area contributed by atoms with Gasteiger partial charge in [-0.25, -0.2) is 13.1 Å². The van der Waals surface area contributed by atoms with Crippen LogP contribution in [0.2, 0.25) is 0 Å². The lowest BCUT2D eigenvalue weighted by atomic mass is 10.00. The van der Waals surface area contributed by atoms with Gasteiger partial charge in [0, 0.05) is 25.7 Å². The molecule has 0 radical (unpaired) electrons. The van der Waals surface area contributed by atoms with Gasteiger partial charge in [-0.05, 0) is 38.6 Å². The highest BCUT2D eigenvalue weighted by Crippen LogP contribution is 2.16. The number of piperidine rings is 1. The largest absolute Gasteiger partial charge is 0.380 e. The minimum atomic E-state index is -3.23. The second-order valence-electron chi connectivity index (χ2n) is 6.06. The summed E-state index contributed by atoms with van der Waals surface area (Å²) in [5.41, 5.74) is 0. The number of ether oxygens (including phenoxy) is 1. The normalized spacial score (nSPS) is 31.5. The van der Waals surface area contributed by atoms with Gasteiger partial charge in [-0.1, -0.05) is 6.92 Å². The van der Waals surface area contributed by atoms with Crippen LogP contribution in [0.25, 0.3) is 0 Å². The molecule has 5 nitrogen and oxygen atoms in total. The molecule has 6 heteroatoms. The van der Waals surface area contributed by atoms with Gasteiger partial charge in [-0.2, -0.15) is 0 Å². The molecule has 19 heavy (non-hydrogen) atoms. The Morgan fingerprint density at radius 1 is 1.42 bits per heavy atom. The molecule has 0 aromatic heterocycles. The van der Waals surface area contributed by atoms with Crippen molar-refractivity contribution in [3.05, 3.63) is 0 Å². The first-order chi connectivity index (χ1) is 8.97. The van der Waals surface area contributed by atoms with Gasteiger partial charge in [-0.15, -0.1) is 0 Å². The molecule has 0 aromatic carbocycles. The Labute approximate surface area is 116 Å². The maximum atomic E-state index is 12.1. The molecule has 0 spiro atoms. The maximum absolute atomic E-state index is 12.1. The number of nitrogens with zero attached hydrogens (tertiary/aromatic N) is 1. The highest BCUT2D eigenvalue weighted by molar-refractivity contribution is 7.90. The number of nitrogens with one attached hydrogen (secondary N) is 1. The van der Waals surface area contributed by atoms with Gasteiger partial charge >= 0.3 is 0 Å². The Morgan fingerprint density at radius 2 is 2.21 bits per heavy atom. The molecule has 112 valence electrons. The van der Waals surface area contributed by atoms with E-state index in [2.05, 4.69) is 16.5 Å². The first kappa shape index (κ1) is 15.2. The van der Waals surface area contributed by atoms with E-state index in [1.165, 1.54) is 12.8 Å². The molecule has 1 N–H and O–H groups in total. The SMILES string of the molecule is CC1CCCN(CC(C)NS(=O)(=O)C2CCOC2)C1. The van der Waals surface area contributed by atoms with E-state index < -0.39 is 10.0 Å². The third-order valence-corrected chi connectivity index (χ3v) is 5.95. The van der Waals surface area contributed by atoms with E-state index in [1.807, 2.05) is 6.92 Å². The van der Waals surface area contributed by atoms with Crippen molar-refractivity contribution in [1.29, 1.82) is 0 Å². The van der Waals surface area contributed by atoms with Crippen molar-refractivity contribution < 1.29 is 13.2 Å².